The molecule has 2 aliphatic heterocycles. The highest BCUT2D eigenvalue weighted by atomic mass is 32.1. The van der Waals surface area contributed by atoms with Gasteiger partial charge in [0.05, 0.1) is 6.61 Å². The summed E-state index contributed by atoms with van der Waals surface area (Å²) in [7, 11) is 1.99. The number of thiazole rings is 1. The summed E-state index contributed by atoms with van der Waals surface area (Å²) in [6, 6.07) is 7.06. The highest BCUT2D eigenvalue weighted by molar-refractivity contribution is 7.15. The van der Waals surface area contributed by atoms with Gasteiger partial charge >= 0.3 is 0 Å². The Bertz CT molecular complexity index is 779. The minimum Gasteiger partial charge on any atom is -0.395 e. The predicted octanol–water partition coefficient (Wildman–Crippen LogP) is 3.03. The molecule has 2 N–H and O–H groups in total. The first-order valence-electron chi connectivity index (χ1n) is 10.1. The van der Waals surface area contributed by atoms with E-state index in [0.29, 0.717) is 0 Å². The maximum Gasteiger partial charge on any atom is 0.185 e. The number of aliphatic hydroxyl groups is 1. The van der Waals surface area contributed by atoms with Crippen LogP contribution in [0.25, 0.3) is 0 Å². The van der Waals surface area contributed by atoms with Crippen molar-refractivity contribution in [3.05, 3.63) is 46.7 Å². The number of hydrogen-bond donors (Lipinski definition) is 2. The predicted molar refractivity (Wildman–Crippen MR) is 111 cm³/mol. The molecule has 0 saturated carbocycles. The van der Waals surface area contributed by atoms with E-state index in [1.54, 1.807) is 17.4 Å². The van der Waals surface area contributed by atoms with E-state index in [1.165, 1.54) is 23.8 Å². The third kappa shape index (κ3) is 4.08. The van der Waals surface area contributed by atoms with Gasteiger partial charge in [0.2, 0.25) is 0 Å². The quantitative estimate of drug-likeness (QED) is 0.743. The smallest absolute Gasteiger partial charge is 0.185 e. The Labute approximate surface area is 170 Å². The Morgan fingerprint density at radius 2 is 2.07 bits per heavy atom. The van der Waals surface area contributed by atoms with Gasteiger partial charge in [-0.25, -0.2) is 9.37 Å². The average molecular weight is 405 g/mol. The normalized spacial score (nSPS) is 25.7. The molecular formula is C21H29FN4OS. The number of nitrogens with zero attached hydrogens (tertiary/aromatic N) is 3. The van der Waals surface area contributed by atoms with Crippen LogP contribution in [0.4, 0.5) is 9.52 Å². The number of benzene rings is 1. The molecule has 152 valence electrons. The minimum absolute atomic E-state index is 0.0209. The molecule has 0 aliphatic carbocycles. The average Bonchev–Trinajstić information content (AvgIpc) is 3.43. The van der Waals surface area contributed by atoms with Crippen LogP contribution in [0.2, 0.25) is 0 Å². The van der Waals surface area contributed by atoms with Crippen LogP contribution >= 0.6 is 11.3 Å². The fourth-order valence-electron chi connectivity index (χ4n) is 4.61. The maximum atomic E-state index is 14.4. The molecule has 1 aromatic carbocycles. The van der Waals surface area contributed by atoms with Gasteiger partial charge in [0.1, 0.15) is 5.82 Å². The van der Waals surface area contributed by atoms with Crippen LogP contribution < -0.4 is 10.2 Å². The molecule has 0 radical (unpaired) electrons. The van der Waals surface area contributed by atoms with Crippen molar-refractivity contribution in [2.45, 2.75) is 37.9 Å². The standard InChI is InChI=1S/C21H29FN4OS/c1-25-16(14-27)10-15(20(25)18-6-2-3-7-19(18)22)11-23-12-17-13-24-21(28-17)26-8-4-5-9-26/h2-3,6-7,13,15-16,20,23,27H,4-5,8-12,14H2,1H3/t15-,16+,20-/m0/s1. The Balaban J connectivity index is 1.39. The molecule has 0 bridgehead atoms. The highest BCUT2D eigenvalue weighted by Gasteiger charge is 2.40. The van der Waals surface area contributed by atoms with E-state index in [2.05, 4.69) is 20.1 Å². The molecule has 28 heavy (non-hydrogen) atoms. The summed E-state index contributed by atoms with van der Waals surface area (Å²) >= 11 is 1.76. The molecule has 7 heteroatoms. The third-order valence-electron chi connectivity index (χ3n) is 6.09. The largest absolute Gasteiger partial charge is 0.395 e. The van der Waals surface area contributed by atoms with Crippen molar-refractivity contribution in [2.24, 2.45) is 5.92 Å². The molecule has 2 aromatic rings. The molecule has 4 rings (SSSR count). The van der Waals surface area contributed by atoms with E-state index in [-0.39, 0.29) is 30.4 Å². The zero-order chi connectivity index (χ0) is 19.5. The lowest BCUT2D eigenvalue weighted by Crippen LogP contribution is -2.32. The lowest BCUT2D eigenvalue weighted by molar-refractivity contribution is 0.151. The monoisotopic (exact) mass is 404 g/mol. The number of nitrogens with one attached hydrogen (secondary N) is 1. The van der Waals surface area contributed by atoms with E-state index in [4.69, 9.17) is 0 Å². The SMILES string of the molecule is CN1[C@@H](CO)C[C@@H](CNCc2cnc(N3CCCC3)s2)[C@H]1c1ccccc1F. The fourth-order valence-corrected chi connectivity index (χ4v) is 5.54. The molecule has 2 saturated heterocycles. The van der Waals surface area contributed by atoms with Crippen molar-refractivity contribution in [3.8, 4) is 0 Å². The summed E-state index contributed by atoms with van der Waals surface area (Å²) in [5, 5.41) is 14.4. The summed E-state index contributed by atoms with van der Waals surface area (Å²) in [5.41, 5.74) is 0.724. The van der Waals surface area contributed by atoms with Crippen LogP contribution in [-0.4, -0.2) is 54.3 Å². The Hall–Kier alpha value is -1.54. The third-order valence-corrected chi connectivity index (χ3v) is 7.15. The van der Waals surface area contributed by atoms with E-state index >= 15 is 0 Å². The zero-order valence-corrected chi connectivity index (χ0v) is 17.2. The summed E-state index contributed by atoms with van der Waals surface area (Å²) in [6.45, 7) is 3.89. The van der Waals surface area contributed by atoms with Crippen molar-refractivity contribution >= 4 is 16.5 Å². The second-order valence-electron chi connectivity index (χ2n) is 7.90. The molecule has 0 unspecified atom stereocenters. The van der Waals surface area contributed by atoms with Crippen LogP contribution in [0.1, 0.15) is 35.7 Å². The summed E-state index contributed by atoms with van der Waals surface area (Å²) in [5.74, 6) is 0.0886. The van der Waals surface area contributed by atoms with E-state index in [1.807, 2.05) is 25.4 Å². The summed E-state index contributed by atoms with van der Waals surface area (Å²) < 4.78 is 14.4. The van der Waals surface area contributed by atoms with E-state index < -0.39 is 0 Å². The van der Waals surface area contributed by atoms with Crippen molar-refractivity contribution in [3.63, 3.8) is 0 Å². The van der Waals surface area contributed by atoms with Crippen LogP contribution in [0.15, 0.2) is 30.5 Å². The van der Waals surface area contributed by atoms with Crippen LogP contribution in [0.5, 0.6) is 0 Å². The second-order valence-corrected chi connectivity index (χ2v) is 8.99. The van der Waals surface area contributed by atoms with Gasteiger partial charge in [-0.3, -0.25) is 4.90 Å². The summed E-state index contributed by atoms with van der Waals surface area (Å²) in [6.07, 6.45) is 5.34. The molecule has 2 aliphatic rings. The first-order valence-corrected chi connectivity index (χ1v) is 11.0. The van der Waals surface area contributed by atoms with Gasteiger partial charge in [0.25, 0.3) is 0 Å². The minimum atomic E-state index is -0.166. The highest BCUT2D eigenvalue weighted by Crippen LogP contribution is 2.40. The molecule has 2 fully saturated rings. The molecule has 3 atom stereocenters. The van der Waals surface area contributed by atoms with Crippen LogP contribution in [0, 0.1) is 11.7 Å². The number of aromatic nitrogens is 1. The number of likely N-dealkylation sites (N-methyl/N-ethyl adjacent to an activating group) is 1. The summed E-state index contributed by atoms with van der Waals surface area (Å²) in [4.78, 5) is 10.3. The van der Waals surface area contributed by atoms with Crippen molar-refractivity contribution in [1.82, 2.24) is 15.2 Å². The Morgan fingerprint density at radius 3 is 2.82 bits per heavy atom. The van der Waals surface area contributed by atoms with Gasteiger partial charge < -0.3 is 15.3 Å². The van der Waals surface area contributed by atoms with Crippen molar-refractivity contribution in [1.29, 1.82) is 0 Å². The van der Waals surface area contributed by atoms with Crippen molar-refractivity contribution < 1.29 is 9.50 Å². The Morgan fingerprint density at radius 1 is 1.29 bits per heavy atom. The van der Waals surface area contributed by atoms with Gasteiger partial charge in [0, 0.05) is 54.9 Å². The lowest BCUT2D eigenvalue weighted by atomic mass is 9.92. The number of anilines is 1. The number of hydrogen-bond acceptors (Lipinski definition) is 6. The first kappa shape index (κ1) is 19.8. The number of halogens is 1. The Kier molecular flexibility index (Phi) is 6.25. The van der Waals surface area contributed by atoms with Crippen molar-refractivity contribution in [2.75, 3.05) is 38.2 Å². The molecule has 3 heterocycles. The number of rotatable bonds is 7. The molecule has 0 spiro atoms. The molecular weight excluding hydrogens is 375 g/mol. The van der Waals surface area contributed by atoms with Gasteiger partial charge in [-0.15, -0.1) is 11.3 Å². The molecule has 1 aromatic heterocycles. The van der Waals surface area contributed by atoms with Gasteiger partial charge in [-0.1, -0.05) is 18.2 Å². The number of likely N-dealkylation sites (tertiary alicyclic amines) is 1. The van der Waals surface area contributed by atoms with E-state index in [9.17, 15) is 9.50 Å². The first-order chi connectivity index (χ1) is 13.7. The number of aliphatic hydroxyl groups excluding tert-OH is 1. The van der Waals surface area contributed by atoms with Crippen LogP contribution in [0.3, 0.4) is 0 Å². The topological polar surface area (TPSA) is 51.6 Å². The second kappa shape index (κ2) is 8.86. The van der Waals surface area contributed by atoms with Crippen LogP contribution in [-0.2, 0) is 6.54 Å². The molecule has 5 nitrogen and oxygen atoms in total. The lowest BCUT2D eigenvalue weighted by Gasteiger charge is -2.28. The molecule has 0 amide bonds. The maximum absolute atomic E-state index is 14.4. The fraction of sp³-hybridized carbons (Fsp3) is 0.571. The van der Waals surface area contributed by atoms with Gasteiger partial charge in [0.15, 0.2) is 5.13 Å². The zero-order valence-electron chi connectivity index (χ0n) is 16.4. The van der Waals surface area contributed by atoms with E-state index in [0.717, 1.165) is 43.3 Å². The van der Waals surface area contributed by atoms with Gasteiger partial charge in [-0.05, 0) is 38.3 Å². The van der Waals surface area contributed by atoms with Gasteiger partial charge in [-0.2, -0.15) is 0 Å².